The Labute approximate surface area is 108 Å². The van der Waals surface area contributed by atoms with Crippen molar-refractivity contribution in [1.29, 1.82) is 0 Å². The van der Waals surface area contributed by atoms with Gasteiger partial charge in [-0.3, -0.25) is 0 Å². The van der Waals surface area contributed by atoms with Crippen molar-refractivity contribution >= 4 is 21.6 Å². The van der Waals surface area contributed by atoms with Crippen molar-refractivity contribution in [2.45, 2.75) is 29.7 Å². The van der Waals surface area contributed by atoms with Crippen LogP contribution in [0.4, 0.5) is 0 Å². The van der Waals surface area contributed by atoms with E-state index in [-0.39, 0.29) is 0 Å². The molecule has 1 aromatic rings. The number of benzene rings is 1. The molecule has 0 aliphatic heterocycles. The van der Waals surface area contributed by atoms with Gasteiger partial charge in [0.2, 0.25) is 0 Å². The summed E-state index contributed by atoms with van der Waals surface area (Å²) in [4.78, 5) is 1.48. The largest absolute Gasteiger partial charge is 0.314 e. The Morgan fingerprint density at radius 1 is 1.29 bits per heavy atom. The molecule has 0 saturated heterocycles. The maximum absolute atomic E-state index is 11.3. The molecule has 1 unspecified atom stereocenters. The topological polar surface area (TPSA) is 46.2 Å². The van der Waals surface area contributed by atoms with Gasteiger partial charge in [-0.1, -0.05) is 6.92 Å². The predicted octanol–water partition coefficient (Wildman–Crippen LogP) is 2.18. The summed E-state index contributed by atoms with van der Waals surface area (Å²) in [5.41, 5.74) is 0. The average molecular weight is 273 g/mol. The molecule has 1 aromatic carbocycles. The van der Waals surface area contributed by atoms with E-state index < -0.39 is 9.84 Å². The first-order valence-electron chi connectivity index (χ1n) is 5.59. The Hall–Kier alpha value is -0.520. The van der Waals surface area contributed by atoms with Crippen LogP contribution in [0.15, 0.2) is 34.1 Å². The van der Waals surface area contributed by atoms with Crippen LogP contribution >= 0.6 is 11.8 Å². The van der Waals surface area contributed by atoms with Gasteiger partial charge < -0.3 is 5.32 Å². The standard InChI is InChI=1S/C12H19NO2S2/c1-4-13-10(2)9-16-11-5-7-12(8-6-11)17(3,14)15/h5-8,10,13H,4,9H2,1-3H3. The number of sulfone groups is 1. The second kappa shape index (κ2) is 6.42. The summed E-state index contributed by atoms with van der Waals surface area (Å²) in [7, 11) is -3.08. The third-order valence-corrected chi connectivity index (χ3v) is 4.71. The summed E-state index contributed by atoms with van der Waals surface area (Å²) >= 11 is 1.73. The molecule has 0 radical (unpaired) electrons. The zero-order chi connectivity index (χ0) is 12.9. The van der Waals surface area contributed by atoms with Crippen molar-refractivity contribution < 1.29 is 8.42 Å². The van der Waals surface area contributed by atoms with E-state index in [1.807, 2.05) is 12.1 Å². The second-order valence-corrected chi connectivity index (χ2v) is 7.12. The van der Waals surface area contributed by atoms with E-state index in [9.17, 15) is 8.42 Å². The Bertz CT molecular complexity index is 440. The predicted molar refractivity (Wildman–Crippen MR) is 73.4 cm³/mol. The molecule has 96 valence electrons. The number of thioether (sulfide) groups is 1. The third kappa shape index (κ3) is 5.10. The smallest absolute Gasteiger partial charge is 0.175 e. The Kier molecular flexibility index (Phi) is 5.49. The average Bonchev–Trinajstić information content (AvgIpc) is 2.26. The zero-order valence-corrected chi connectivity index (χ0v) is 12.1. The van der Waals surface area contributed by atoms with Crippen LogP contribution in [0, 0.1) is 0 Å². The highest BCUT2D eigenvalue weighted by atomic mass is 32.2. The van der Waals surface area contributed by atoms with Crippen molar-refractivity contribution in [2.75, 3.05) is 18.6 Å². The van der Waals surface area contributed by atoms with E-state index in [2.05, 4.69) is 19.2 Å². The van der Waals surface area contributed by atoms with Gasteiger partial charge in [0, 0.05) is 22.9 Å². The Morgan fingerprint density at radius 2 is 1.88 bits per heavy atom. The molecule has 1 atom stereocenters. The number of hydrogen-bond acceptors (Lipinski definition) is 4. The molecule has 1 rings (SSSR count). The van der Waals surface area contributed by atoms with Crippen molar-refractivity contribution in [3.8, 4) is 0 Å². The first kappa shape index (κ1) is 14.5. The maximum Gasteiger partial charge on any atom is 0.175 e. The van der Waals surface area contributed by atoms with E-state index >= 15 is 0 Å². The quantitative estimate of drug-likeness (QED) is 0.807. The lowest BCUT2D eigenvalue weighted by molar-refractivity contribution is 0.602. The van der Waals surface area contributed by atoms with Gasteiger partial charge in [0.25, 0.3) is 0 Å². The van der Waals surface area contributed by atoms with Crippen molar-refractivity contribution in [3.63, 3.8) is 0 Å². The summed E-state index contributed by atoms with van der Waals surface area (Å²) < 4.78 is 22.6. The van der Waals surface area contributed by atoms with E-state index in [1.54, 1.807) is 23.9 Å². The SMILES string of the molecule is CCNC(C)CSc1ccc(S(C)(=O)=O)cc1. The number of nitrogens with one attached hydrogen (secondary N) is 1. The van der Waals surface area contributed by atoms with Gasteiger partial charge in [-0.05, 0) is 37.7 Å². The lowest BCUT2D eigenvalue weighted by Gasteiger charge is -2.11. The summed E-state index contributed by atoms with van der Waals surface area (Å²) in [5.74, 6) is 0.978. The summed E-state index contributed by atoms with van der Waals surface area (Å²) in [5, 5.41) is 3.33. The first-order chi connectivity index (χ1) is 7.93. The van der Waals surface area contributed by atoms with E-state index in [4.69, 9.17) is 0 Å². The summed E-state index contributed by atoms with van der Waals surface area (Å²) in [6, 6.07) is 7.50. The fourth-order valence-corrected chi connectivity index (χ4v) is 2.93. The highest BCUT2D eigenvalue weighted by Crippen LogP contribution is 2.20. The molecule has 0 saturated carbocycles. The van der Waals surface area contributed by atoms with Crippen LogP contribution in [0.25, 0.3) is 0 Å². The van der Waals surface area contributed by atoms with Crippen LogP contribution in [-0.4, -0.2) is 33.0 Å². The lowest BCUT2D eigenvalue weighted by Crippen LogP contribution is -2.27. The van der Waals surface area contributed by atoms with Crippen LogP contribution in [0.2, 0.25) is 0 Å². The third-order valence-electron chi connectivity index (χ3n) is 2.30. The highest BCUT2D eigenvalue weighted by molar-refractivity contribution is 7.99. The zero-order valence-electron chi connectivity index (χ0n) is 10.4. The van der Waals surface area contributed by atoms with Crippen molar-refractivity contribution in [2.24, 2.45) is 0 Å². The molecule has 0 fully saturated rings. The van der Waals surface area contributed by atoms with Crippen molar-refractivity contribution in [3.05, 3.63) is 24.3 Å². The van der Waals surface area contributed by atoms with Crippen LogP contribution in [0.3, 0.4) is 0 Å². The van der Waals surface area contributed by atoms with Gasteiger partial charge in [-0.25, -0.2) is 8.42 Å². The maximum atomic E-state index is 11.3. The Morgan fingerprint density at radius 3 is 2.35 bits per heavy atom. The fraction of sp³-hybridized carbons (Fsp3) is 0.500. The first-order valence-corrected chi connectivity index (χ1v) is 8.47. The van der Waals surface area contributed by atoms with Crippen LogP contribution in [0.1, 0.15) is 13.8 Å². The summed E-state index contributed by atoms with van der Waals surface area (Å²) in [6.07, 6.45) is 1.22. The van der Waals surface area contributed by atoms with Crippen molar-refractivity contribution in [1.82, 2.24) is 5.32 Å². The van der Waals surface area contributed by atoms with E-state index in [0.717, 1.165) is 17.2 Å². The molecule has 0 heterocycles. The van der Waals surface area contributed by atoms with Gasteiger partial charge in [0.1, 0.15) is 0 Å². The van der Waals surface area contributed by atoms with E-state index in [1.165, 1.54) is 6.26 Å². The van der Waals surface area contributed by atoms with Gasteiger partial charge in [-0.2, -0.15) is 0 Å². The van der Waals surface area contributed by atoms with Gasteiger partial charge >= 0.3 is 0 Å². The molecule has 0 spiro atoms. The van der Waals surface area contributed by atoms with Gasteiger partial charge in [0.15, 0.2) is 9.84 Å². The molecule has 0 amide bonds. The minimum absolute atomic E-state index is 0.376. The van der Waals surface area contributed by atoms with Gasteiger partial charge in [0.05, 0.1) is 4.90 Å². The molecule has 0 aromatic heterocycles. The van der Waals surface area contributed by atoms with Crippen LogP contribution in [-0.2, 0) is 9.84 Å². The highest BCUT2D eigenvalue weighted by Gasteiger charge is 2.06. The molecule has 0 bridgehead atoms. The van der Waals surface area contributed by atoms with Crippen LogP contribution < -0.4 is 5.32 Å². The number of rotatable bonds is 6. The molecule has 5 heteroatoms. The van der Waals surface area contributed by atoms with E-state index in [0.29, 0.717) is 10.9 Å². The minimum atomic E-state index is -3.08. The molecule has 0 aliphatic carbocycles. The molecule has 17 heavy (non-hydrogen) atoms. The Balaban J connectivity index is 2.57. The molecular formula is C12H19NO2S2. The molecule has 3 nitrogen and oxygen atoms in total. The number of hydrogen-bond donors (Lipinski definition) is 1. The second-order valence-electron chi connectivity index (χ2n) is 4.01. The minimum Gasteiger partial charge on any atom is -0.314 e. The molecular weight excluding hydrogens is 254 g/mol. The lowest BCUT2D eigenvalue weighted by atomic mass is 10.4. The fourth-order valence-electron chi connectivity index (χ4n) is 1.41. The summed E-state index contributed by atoms with van der Waals surface area (Å²) in [6.45, 7) is 5.19. The normalized spacial score (nSPS) is 13.6. The van der Waals surface area contributed by atoms with Gasteiger partial charge in [-0.15, -0.1) is 11.8 Å². The monoisotopic (exact) mass is 273 g/mol. The molecule has 0 aliphatic rings. The van der Waals surface area contributed by atoms with Crippen LogP contribution in [0.5, 0.6) is 0 Å². The molecule has 1 N–H and O–H groups in total.